The standard InChI is InChI=1S/C17H21N3O3/c1-20(2)11-14(21)12-22-15-5-3-13(4-6-15)19-10-17-8-7-16(9-18)23-17/h3-8,14,19,21H,10-12H2,1-2H3. The zero-order valence-corrected chi connectivity index (χ0v) is 13.3. The highest BCUT2D eigenvalue weighted by atomic mass is 16.5. The minimum Gasteiger partial charge on any atom is -0.491 e. The molecule has 1 atom stereocenters. The lowest BCUT2D eigenvalue weighted by Crippen LogP contribution is -2.30. The van der Waals surface area contributed by atoms with Crippen molar-refractivity contribution in [1.82, 2.24) is 4.90 Å². The lowest BCUT2D eigenvalue weighted by molar-refractivity contribution is 0.0831. The molecule has 0 spiro atoms. The molecule has 0 fully saturated rings. The number of aliphatic hydroxyl groups excluding tert-OH is 1. The van der Waals surface area contributed by atoms with Crippen molar-refractivity contribution in [1.29, 1.82) is 5.26 Å². The monoisotopic (exact) mass is 315 g/mol. The van der Waals surface area contributed by atoms with Crippen molar-refractivity contribution in [3.63, 3.8) is 0 Å². The number of rotatable bonds is 8. The van der Waals surface area contributed by atoms with E-state index in [1.165, 1.54) is 0 Å². The Hall–Kier alpha value is -2.49. The van der Waals surface area contributed by atoms with Crippen LogP contribution in [0.2, 0.25) is 0 Å². The van der Waals surface area contributed by atoms with Crippen LogP contribution in [-0.4, -0.2) is 43.4 Å². The summed E-state index contributed by atoms with van der Waals surface area (Å²) in [5, 5.41) is 21.7. The average Bonchev–Trinajstić information content (AvgIpc) is 2.99. The largest absolute Gasteiger partial charge is 0.491 e. The number of aliphatic hydroxyl groups is 1. The van der Waals surface area contributed by atoms with Gasteiger partial charge < -0.3 is 24.5 Å². The lowest BCUT2D eigenvalue weighted by atomic mass is 10.3. The number of nitrogens with one attached hydrogen (secondary N) is 1. The van der Waals surface area contributed by atoms with Crippen LogP contribution in [0, 0.1) is 11.3 Å². The number of hydrogen-bond donors (Lipinski definition) is 2. The van der Waals surface area contributed by atoms with Crippen LogP contribution < -0.4 is 10.1 Å². The summed E-state index contributed by atoms with van der Waals surface area (Å²) in [5.41, 5.74) is 0.918. The van der Waals surface area contributed by atoms with Gasteiger partial charge in [-0.2, -0.15) is 5.26 Å². The molecule has 1 heterocycles. The van der Waals surface area contributed by atoms with E-state index in [9.17, 15) is 5.11 Å². The first-order chi connectivity index (χ1) is 11.1. The number of nitriles is 1. The quantitative estimate of drug-likeness (QED) is 0.776. The number of nitrogens with zero attached hydrogens (tertiary/aromatic N) is 2. The van der Waals surface area contributed by atoms with Crippen molar-refractivity contribution in [2.24, 2.45) is 0 Å². The SMILES string of the molecule is CN(C)CC(O)COc1ccc(NCc2ccc(C#N)o2)cc1. The first-order valence-corrected chi connectivity index (χ1v) is 7.35. The van der Waals surface area contributed by atoms with Gasteiger partial charge in [-0.3, -0.25) is 0 Å². The molecule has 0 aliphatic rings. The summed E-state index contributed by atoms with van der Waals surface area (Å²) in [5.74, 6) is 1.72. The Kier molecular flexibility index (Phi) is 6.03. The molecular weight excluding hydrogens is 294 g/mol. The number of furan rings is 1. The van der Waals surface area contributed by atoms with Crippen LogP contribution in [0.25, 0.3) is 0 Å². The second-order valence-electron chi connectivity index (χ2n) is 5.48. The molecule has 2 rings (SSSR count). The van der Waals surface area contributed by atoms with Gasteiger partial charge in [0.05, 0.1) is 6.54 Å². The second kappa shape index (κ2) is 8.22. The topological polar surface area (TPSA) is 81.7 Å². The van der Waals surface area contributed by atoms with Crippen LogP contribution >= 0.6 is 0 Å². The summed E-state index contributed by atoms with van der Waals surface area (Å²) >= 11 is 0. The minimum atomic E-state index is -0.518. The van der Waals surface area contributed by atoms with Crippen molar-refractivity contribution in [2.75, 3.05) is 32.6 Å². The maximum atomic E-state index is 9.76. The van der Waals surface area contributed by atoms with Crippen molar-refractivity contribution in [3.05, 3.63) is 47.9 Å². The molecule has 0 aliphatic carbocycles. The van der Waals surface area contributed by atoms with Crippen molar-refractivity contribution >= 4 is 5.69 Å². The molecule has 1 unspecified atom stereocenters. The van der Waals surface area contributed by atoms with Gasteiger partial charge >= 0.3 is 0 Å². The Morgan fingerprint density at radius 3 is 2.61 bits per heavy atom. The van der Waals surface area contributed by atoms with E-state index >= 15 is 0 Å². The molecule has 23 heavy (non-hydrogen) atoms. The van der Waals surface area contributed by atoms with Gasteiger partial charge in [-0.1, -0.05) is 0 Å². The summed E-state index contributed by atoms with van der Waals surface area (Å²) in [4.78, 5) is 1.91. The molecule has 0 saturated heterocycles. The van der Waals surface area contributed by atoms with Crippen molar-refractivity contribution < 1.29 is 14.3 Å². The summed E-state index contributed by atoms with van der Waals surface area (Å²) in [7, 11) is 3.81. The van der Waals surface area contributed by atoms with Crippen LogP contribution in [-0.2, 0) is 6.54 Å². The van der Waals surface area contributed by atoms with Crippen LogP contribution in [0.15, 0.2) is 40.8 Å². The third-order valence-electron chi connectivity index (χ3n) is 3.11. The highest BCUT2D eigenvalue weighted by molar-refractivity contribution is 5.46. The number of ether oxygens (including phenoxy) is 1. The highest BCUT2D eigenvalue weighted by Crippen LogP contribution is 2.17. The average molecular weight is 315 g/mol. The molecule has 0 bridgehead atoms. The predicted molar refractivity (Wildman–Crippen MR) is 87.2 cm³/mol. The molecule has 1 aromatic carbocycles. The van der Waals surface area contributed by atoms with E-state index < -0.39 is 6.10 Å². The Balaban J connectivity index is 1.79. The molecule has 2 N–H and O–H groups in total. The smallest absolute Gasteiger partial charge is 0.203 e. The summed E-state index contributed by atoms with van der Waals surface area (Å²) in [6.07, 6.45) is -0.518. The zero-order chi connectivity index (χ0) is 16.7. The van der Waals surface area contributed by atoms with Gasteiger partial charge in [0, 0.05) is 12.2 Å². The van der Waals surface area contributed by atoms with Gasteiger partial charge in [-0.05, 0) is 50.5 Å². The third kappa shape index (κ3) is 5.66. The van der Waals surface area contributed by atoms with Crippen LogP contribution in [0.5, 0.6) is 5.75 Å². The Labute approximate surface area is 135 Å². The molecule has 1 aromatic heterocycles. The highest BCUT2D eigenvalue weighted by Gasteiger charge is 2.06. The van der Waals surface area contributed by atoms with Gasteiger partial charge in [0.25, 0.3) is 0 Å². The molecule has 6 heteroatoms. The number of likely N-dealkylation sites (N-methyl/N-ethyl adjacent to an activating group) is 1. The van der Waals surface area contributed by atoms with E-state index in [1.807, 2.05) is 49.3 Å². The zero-order valence-electron chi connectivity index (χ0n) is 13.3. The van der Waals surface area contributed by atoms with Gasteiger partial charge in [0.2, 0.25) is 5.76 Å². The van der Waals surface area contributed by atoms with Gasteiger partial charge in [-0.15, -0.1) is 0 Å². The van der Waals surface area contributed by atoms with E-state index in [4.69, 9.17) is 14.4 Å². The number of benzene rings is 1. The Morgan fingerprint density at radius 1 is 1.26 bits per heavy atom. The van der Waals surface area contributed by atoms with Crippen LogP contribution in [0.3, 0.4) is 0 Å². The number of hydrogen-bond acceptors (Lipinski definition) is 6. The van der Waals surface area contributed by atoms with Crippen LogP contribution in [0.1, 0.15) is 11.5 Å². The maximum Gasteiger partial charge on any atom is 0.203 e. The van der Waals surface area contributed by atoms with E-state index in [-0.39, 0.29) is 6.61 Å². The van der Waals surface area contributed by atoms with E-state index in [1.54, 1.807) is 12.1 Å². The second-order valence-corrected chi connectivity index (χ2v) is 5.48. The van der Waals surface area contributed by atoms with Gasteiger partial charge in [-0.25, -0.2) is 0 Å². The number of anilines is 1. The fourth-order valence-electron chi connectivity index (χ4n) is 2.06. The minimum absolute atomic E-state index is 0.258. The van der Waals surface area contributed by atoms with E-state index in [0.29, 0.717) is 30.4 Å². The molecule has 2 aromatic rings. The van der Waals surface area contributed by atoms with E-state index in [2.05, 4.69) is 5.32 Å². The molecule has 0 amide bonds. The molecule has 0 radical (unpaired) electrons. The Morgan fingerprint density at radius 2 is 2.00 bits per heavy atom. The first kappa shape index (κ1) is 16.9. The first-order valence-electron chi connectivity index (χ1n) is 7.35. The maximum absolute atomic E-state index is 9.76. The summed E-state index contributed by atoms with van der Waals surface area (Å²) in [6, 6.07) is 12.8. The summed E-state index contributed by atoms with van der Waals surface area (Å²) < 4.78 is 10.8. The molecule has 122 valence electrons. The molecule has 6 nitrogen and oxygen atoms in total. The van der Waals surface area contributed by atoms with Gasteiger partial charge in [0.1, 0.15) is 30.3 Å². The normalized spacial score (nSPS) is 12.0. The summed E-state index contributed by atoms with van der Waals surface area (Å²) in [6.45, 7) is 1.32. The fourth-order valence-corrected chi connectivity index (χ4v) is 2.06. The van der Waals surface area contributed by atoms with Crippen molar-refractivity contribution in [2.45, 2.75) is 12.6 Å². The fraction of sp³-hybridized carbons (Fsp3) is 0.353. The van der Waals surface area contributed by atoms with Gasteiger partial charge in [0.15, 0.2) is 0 Å². The predicted octanol–water partition coefficient (Wildman–Crippen LogP) is 2.06. The third-order valence-corrected chi connectivity index (χ3v) is 3.11. The lowest BCUT2D eigenvalue weighted by Gasteiger charge is -2.16. The van der Waals surface area contributed by atoms with Crippen LogP contribution in [0.4, 0.5) is 5.69 Å². The molecule has 0 saturated carbocycles. The molecular formula is C17H21N3O3. The molecule has 0 aliphatic heterocycles. The van der Waals surface area contributed by atoms with E-state index in [0.717, 1.165) is 5.69 Å². The Bertz CT molecular complexity index is 644. The van der Waals surface area contributed by atoms with Crippen molar-refractivity contribution in [3.8, 4) is 11.8 Å².